The zero-order valence-electron chi connectivity index (χ0n) is 11.1. The zero-order chi connectivity index (χ0) is 13.0. The van der Waals surface area contributed by atoms with Crippen molar-refractivity contribution in [3.63, 3.8) is 0 Å². The molecule has 0 aliphatic carbocycles. The van der Waals surface area contributed by atoms with Crippen LogP contribution in [0, 0.1) is 0 Å². The highest BCUT2D eigenvalue weighted by Gasteiger charge is 2.14. The van der Waals surface area contributed by atoms with E-state index in [9.17, 15) is 0 Å². The lowest BCUT2D eigenvalue weighted by molar-refractivity contribution is 0.215. The maximum absolute atomic E-state index is 5.57. The molecule has 0 spiro atoms. The third kappa shape index (κ3) is 2.98. The summed E-state index contributed by atoms with van der Waals surface area (Å²) in [5.41, 5.74) is 0. The Hall–Kier alpha value is -1.62. The van der Waals surface area contributed by atoms with E-state index in [0.29, 0.717) is 30.1 Å². The fourth-order valence-electron chi connectivity index (χ4n) is 1.82. The van der Waals surface area contributed by atoms with Crippen molar-refractivity contribution in [3.05, 3.63) is 24.3 Å². The van der Waals surface area contributed by atoms with Crippen molar-refractivity contribution >= 4 is 0 Å². The molecule has 0 aromatic carbocycles. The summed E-state index contributed by atoms with van der Waals surface area (Å²) in [4.78, 5) is 2.21. The van der Waals surface area contributed by atoms with Crippen LogP contribution in [0.5, 0.6) is 0 Å². The molecule has 0 radical (unpaired) electrons. The van der Waals surface area contributed by atoms with Crippen LogP contribution in [-0.4, -0.2) is 28.2 Å². The lowest BCUT2D eigenvalue weighted by Crippen LogP contribution is -2.28. The highest BCUT2D eigenvalue weighted by atomic mass is 16.4. The van der Waals surface area contributed by atoms with Gasteiger partial charge in [-0.25, -0.2) is 0 Å². The molecule has 1 atom stereocenters. The molecule has 2 heterocycles. The smallest absolute Gasteiger partial charge is 0.283 e. The van der Waals surface area contributed by atoms with Crippen LogP contribution in [0.25, 0.3) is 11.7 Å². The van der Waals surface area contributed by atoms with Crippen LogP contribution >= 0.6 is 0 Å². The van der Waals surface area contributed by atoms with Gasteiger partial charge in [-0.05, 0) is 32.5 Å². The molecule has 0 saturated carbocycles. The number of nitrogens with zero attached hydrogens (tertiary/aromatic N) is 3. The molecule has 0 fully saturated rings. The Morgan fingerprint density at radius 3 is 2.89 bits per heavy atom. The molecular formula is C13H19N3O2. The van der Waals surface area contributed by atoms with E-state index in [1.165, 1.54) is 6.42 Å². The van der Waals surface area contributed by atoms with Gasteiger partial charge >= 0.3 is 0 Å². The monoisotopic (exact) mass is 249 g/mol. The largest absolute Gasteiger partial charge is 0.459 e. The van der Waals surface area contributed by atoms with Gasteiger partial charge in [0.2, 0.25) is 5.89 Å². The summed E-state index contributed by atoms with van der Waals surface area (Å²) in [6, 6.07) is 4.11. The van der Waals surface area contributed by atoms with E-state index < -0.39 is 0 Å². The zero-order valence-corrected chi connectivity index (χ0v) is 11.1. The van der Waals surface area contributed by atoms with Crippen LogP contribution in [0.3, 0.4) is 0 Å². The van der Waals surface area contributed by atoms with E-state index in [1.54, 1.807) is 18.4 Å². The third-order valence-corrected chi connectivity index (χ3v) is 3.04. The summed E-state index contributed by atoms with van der Waals surface area (Å²) in [7, 11) is 2.07. The summed E-state index contributed by atoms with van der Waals surface area (Å²) in [6.07, 6.45) is 3.93. The Labute approximate surface area is 107 Å². The van der Waals surface area contributed by atoms with E-state index in [1.807, 2.05) is 0 Å². The van der Waals surface area contributed by atoms with Gasteiger partial charge in [-0.2, -0.15) is 0 Å². The van der Waals surface area contributed by atoms with Crippen molar-refractivity contribution in [3.8, 4) is 11.7 Å². The van der Waals surface area contributed by atoms with Crippen LogP contribution in [-0.2, 0) is 6.54 Å². The average Bonchev–Trinajstić information content (AvgIpc) is 2.98. The minimum Gasteiger partial charge on any atom is -0.459 e. The Morgan fingerprint density at radius 1 is 1.39 bits per heavy atom. The number of rotatable bonds is 6. The van der Waals surface area contributed by atoms with Gasteiger partial charge in [-0.3, -0.25) is 4.90 Å². The second-order valence-electron chi connectivity index (χ2n) is 4.53. The van der Waals surface area contributed by atoms with Crippen molar-refractivity contribution in [1.82, 2.24) is 15.1 Å². The predicted octanol–water partition coefficient (Wildman–Crippen LogP) is 2.95. The summed E-state index contributed by atoms with van der Waals surface area (Å²) >= 11 is 0. The first-order chi connectivity index (χ1) is 8.70. The third-order valence-electron chi connectivity index (χ3n) is 3.04. The summed E-state index contributed by atoms with van der Waals surface area (Å²) in [5.74, 6) is 1.66. The first-order valence-electron chi connectivity index (χ1n) is 6.27. The molecule has 0 bridgehead atoms. The number of aromatic nitrogens is 2. The van der Waals surface area contributed by atoms with E-state index in [2.05, 4.69) is 36.0 Å². The summed E-state index contributed by atoms with van der Waals surface area (Å²) in [5, 5.41) is 8.02. The summed E-state index contributed by atoms with van der Waals surface area (Å²) in [6.45, 7) is 5.05. The van der Waals surface area contributed by atoms with Crippen LogP contribution in [0.1, 0.15) is 32.6 Å². The average molecular weight is 249 g/mol. The molecule has 0 aliphatic rings. The maximum Gasteiger partial charge on any atom is 0.283 e. The van der Waals surface area contributed by atoms with Gasteiger partial charge < -0.3 is 8.83 Å². The van der Waals surface area contributed by atoms with Crippen molar-refractivity contribution in [2.24, 2.45) is 0 Å². The van der Waals surface area contributed by atoms with Gasteiger partial charge in [-0.1, -0.05) is 13.3 Å². The standard InChI is InChI=1S/C13H19N3O2/c1-4-6-10(2)16(3)9-12-14-15-13(18-12)11-7-5-8-17-11/h5,7-8,10H,4,6,9H2,1-3H3/t10-/m0/s1. The van der Waals surface area contributed by atoms with Crippen molar-refractivity contribution < 1.29 is 8.83 Å². The minimum atomic E-state index is 0.437. The summed E-state index contributed by atoms with van der Waals surface area (Å²) < 4.78 is 10.8. The Morgan fingerprint density at radius 2 is 2.22 bits per heavy atom. The lowest BCUT2D eigenvalue weighted by Gasteiger charge is -2.22. The van der Waals surface area contributed by atoms with Gasteiger partial charge in [-0.15, -0.1) is 10.2 Å². The van der Waals surface area contributed by atoms with Gasteiger partial charge in [0.05, 0.1) is 12.8 Å². The molecular weight excluding hydrogens is 230 g/mol. The minimum absolute atomic E-state index is 0.437. The van der Waals surface area contributed by atoms with E-state index in [-0.39, 0.29) is 0 Å². The van der Waals surface area contributed by atoms with Gasteiger partial charge in [0.25, 0.3) is 5.89 Å². The van der Waals surface area contributed by atoms with Crippen LogP contribution in [0.2, 0.25) is 0 Å². The van der Waals surface area contributed by atoms with Crippen LogP contribution < -0.4 is 0 Å². The molecule has 0 saturated heterocycles. The molecule has 5 heteroatoms. The van der Waals surface area contributed by atoms with Gasteiger partial charge in [0.15, 0.2) is 5.76 Å². The van der Waals surface area contributed by atoms with Crippen LogP contribution in [0.15, 0.2) is 27.2 Å². The SMILES string of the molecule is CCC[C@H](C)N(C)Cc1nnc(-c2ccco2)o1. The molecule has 0 aliphatic heterocycles. The van der Waals surface area contributed by atoms with Crippen molar-refractivity contribution in [2.45, 2.75) is 39.3 Å². The molecule has 0 unspecified atom stereocenters. The molecule has 5 nitrogen and oxygen atoms in total. The first-order valence-corrected chi connectivity index (χ1v) is 6.27. The molecule has 0 amide bonds. The van der Waals surface area contributed by atoms with Gasteiger partial charge in [0.1, 0.15) is 0 Å². The lowest BCUT2D eigenvalue weighted by atomic mass is 10.2. The maximum atomic E-state index is 5.57. The number of furan rings is 1. The molecule has 0 N–H and O–H groups in total. The van der Waals surface area contributed by atoms with E-state index in [4.69, 9.17) is 8.83 Å². The van der Waals surface area contributed by atoms with E-state index in [0.717, 1.165) is 6.42 Å². The fourth-order valence-corrected chi connectivity index (χ4v) is 1.82. The molecule has 2 rings (SSSR count). The highest BCUT2D eigenvalue weighted by Crippen LogP contribution is 2.18. The molecule has 2 aromatic rings. The fraction of sp³-hybridized carbons (Fsp3) is 0.538. The molecule has 18 heavy (non-hydrogen) atoms. The molecule has 98 valence electrons. The molecule has 2 aromatic heterocycles. The highest BCUT2D eigenvalue weighted by molar-refractivity contribution is 5.42. The normalized spacial score (nSPS) is 13.1. The quantitative estimate of drug-likeness (QED) is 0.787. The topological polar surface area (TPSA) is 55.3 Å². The van der Waals surface area contributed by atoms with Crippen molar-refractivity contribution in [1.29, 1.82) is 0 Å². The van der Waals surface area contributed by atoms with E-state index >= 15 is 0 Å². The van der Waals surface area contributed by atoms with Gasteiger partial charge in [0, 0.05) is 6.04 Å². The second kappa shape index (κ2) is 5.82. The number of hydrogen-bond donors (Lipinski definition) is 0. The second-order valence-corrected chi connectivity index (χ2v) is 4.53. The van der Waals surface area contributed by atoms with Crippen LogP contribution in [0.4, 0.5) is 0 Å². The number of hydrogen-bond acceptors (Lipinski definition) is 5. The Balaban J connectivity index is 1.98. The first kappa shape index (κ1) is 12.8. The van der Waals surface area contributed by atoms with Crippen molar-refractivity contribution in [2.75, 3.05) is 7.05 Å². The Bertz CT molecular complexity index is 464. The predicted molar refractivity (Wildman–Crippen MR) is 67.8 cm³/mol. The Kier molecular flexibility index (Phi) is 4.15.